The Morgan fingerprint density at radius 1 is 1.00 bits per heavy atom. The third kappa shape index (κ3) is 8.26. The number of alkyl halides is 3. The molecule has 1 saturated heterocycles. The molecule has 0 radical (unpaired) electrons. The fourth-order valence-corrected chi connectivity index (χ4v) is 4.17. The number of methoxy groups -OCH3 is 1. The summed E-state index contributed by atoms with van der Waals surface area (Å²) in [6.45, 7) is 10.7. The van der Waals surface area contributed by atoms with E-state index in [4.69, 9.17) is 9.47 Å². The molecule has 3 N–H and O–H groups in total. The summed E-state index contributed by atoms with van der Waals surface area (Å²) in [6.07, 6.45) is -3.38. The second kappa shape index (κ2) is 13.1. The SMILES string of the molecule is C=CC(=O)Nc1cccc(Nc2nc(Nc3ccc(N4CCN(C(=O)OC(C)(C)C)CC4)nc3OC)ncc2C(F)(F)F)c1. The Balaban J connectivity index is 1.51. The molecule has 15 heteroatoms. The number of carbonyl (C=O) groups excluding carboxylic acids is 2. The topological polar surface area (TPSA) is 134 Å². The van der Waals surface area contributed by atoms with Gasteiger partial charge in [0, 0.05) is 43.8 Å². The molecule has 12 nitrogen and oxygen atoms in total. The highest BCUT2D eigenvalue weighted by Crippen LogP contribution is 2.36. The standard InChI is InChI=1S/C29H33F3N8O4/c1-6-23(41)34-18-8-7-9-19(16-18)35-24-20(29(30,31)32)17-33-26(38-24)36-21-10-11-22(37-25(21)43-5)39-12-14-40(15-13-39)27(42)44-28(2,3)4/h6-11,16-17H,1,12-15H2,2-5H3,(H,34,41)(H2,33,35,36,38). The maximum absolute atomic E-state index is 13.8. The van der Waals surface area contributed by atoms with E-state index in [0.29, 0.717) is 49.6 Å². The zero-order valence-electron chi connectivity index (χ0n) is 24.7. The summed E-state index contributed by atoms with van der Waals surface area (Å²) in [5.74, 6) is -0.358. The number of benzene rings is 1. The zero-order chi connectivity index (χ0) is 32.1. The van der Waals surface area contributed by atoms with Gasteiger partial charge < -0.3 is 35.2 Å². The number of hydrogen-bond donors (Lipinski definition) is 3. The Labute approximate surface area is 252 Å². The summed E-state index contributed by atoms with van der Waals surface area (Å²) in [7, 11) is 1.41. The molecule has 44 heavy (non-hydrogen) atoms. The Morgan fingerprint density at radius 3 is 2.34 bits per heavy atom. The van der Waals surface area contributed by atoms with Gasteiger partial charge in [0.25, 0.3) is 0 Å². The first-order chi connectivity index (χ1) is 20.8. The summed E-state index contributed by atoms with van der Waals surface area (Å²) >= 11 is 0. The number of hydrogen-bond acceptors (Lipinski definition) is 10. The van der Waals surface area contributed by atoms with Crippen LogP contribution < -0.4 is 25.6 Å². The maximum Gasteiger partial charge on any atom is 0.421 e. The van der Waals surface area contributed by atoms with Crippen LogP contribution in [-0.4, -0.2) is 70.7 Å². The van der Waals surface area contributed by atoms with Gasteiger partial charge in [-0.15, -0.1) is 0 Å². The average Bonchev–Trinajstić information content (AvgIpc) is 2.96. The average molecular weight is 615 g/mol. The predicted molar refractivity (Wildman–Crippen MR) is 160 cm³/mol. The van der Waals surface area contributed by atoms with Gasteiger partial charge in [0.1, 0.15) is 28.5 Å². The van der Waals surface area contributed by atoms with Crippen LogP contribution in [0, 0.1) is 0 Å². The molecule has 3 aromatic rings. The number of rotatable bonds is 8. The lowest BCUT2D eigenvalue weighted by Gasteiger charge is -2.36. The fraction of sp³-hybridized carbons (Fsp3) is 0.345. The van der Waals surface area contributed by atoms with Crippen molar-refractivity contribution >= 4 is 46.6 Å². The third-order valence-corrected chi connectivity index (χ3v) is 6.21. The highest BCUT2D eigenvalue weighted by molar-refractivity contribution is 5.99. The van der Waals surface area contributed by atoms with Crippen LogP contribution >= 0.6 is 0 Å². The molecule has 1 aromatic carbocycles. The Morgan fingerprint density at radius 2 is 1.70 bits per heavy atom. The monoisotopic (exact) mass is 614 g/mol. The van der Waals surface area contributed by atoms with Crippen molar-refractivity contribution in [2.75, 3.05) is 54.1 Å². The Kier molecular flexibility index (Phi) is 9.45. The molecule has 1 fully saturated rings. The molecule has 0 spiro atoms. The summed E-state index contributed by atoms with van der Waals surface area (Å²) in [5.41, 5.74) is -0.756. The number of anilines is 6. The summed E-state index contributed by atoms with van der Waals surface area (Å²) in [5, 5.41) is 8.09. The molecule has 1 aliphatic rings. The van der Waals surface area contributed by atoms with Gasteiger partial charge in [-0.05, 0) is 57.2 Å². The quantitative estimate of drug-likeness (QED) is 0.277. The van der Waals surface area contributed by atoms with E-state index in [-0.39, 0.29) is 23.6 Å². The molecular weight excluding hydrogens is 581 g/mol. The normalized spacial score (nSPS) is 13.6. The second-order valence-corrected chi connectivity index (χ2v) is 10.7. The van der Waals surface area contributed by atoms with Gasteiger partial charge in [-0.25, -0.2) is 9.78 Å². The van der Waals surface area contributed by atoms with Gasteiger partial charge in [-0.3, -0.25) is 4.79 Å². The number of ether oxygens (including phenoxy) is 2. The van der Waals surface area contributed by atoms with Crippen LogP contribution in [0.5, 0.6) is 5.88 Å². The van der Waals surface area contributed by atoms with E-state index >= 15 is 0 Å². The van der Waals surface area contributed by atoms with Crippen LogP contribution in [0.25, 0.3) is 0 Å². The van der Waals surface area contributed by atoms with E-state index in [1.54, 1.807) is 29.2 Å². The first-order valence-electron chi connectivity index (χ1n) is 13.6. The third-order valence-electron chi connectivity index (χ3n) is 6.21. The number of nitrogens with one attached hydrogen (secondary N) is 3. The predicted octanol–water partition coefficient (Wildman–Crippen LogP) is 5.57. The van der Waals surface area contributed by atoms with Crippen LogP contribution in [0.4, 0.5) is 52.6 Å². The maximum atomic E-state index is 13.8. The molecule has 2 amide bonds. The zero-order valence-corrected chi connectivity index (χ0v) is 24.7. The van der Waals surface area contributed by atoms with Crippen molar-refractivity contribution < 1.29 is 32.2 Å². The molecule has 0 saturated carbocycles. The van der Waals surface area contributed by atoms with Crippen molar-refractivity contribution in [2.24, 2.45) is 0 Å². The first kappa shape index (κ1) is 31.8. The molecule has 0 atom stereocenters. The van der Waals surface area contributed by atoms with Gasteiger partial charge in [-0.2, -0.15) is 23.1 Å². The molecule has 0 bridgehead atoms. The molecule has 234 valence electrons. The van der Waals surface area contributed by atoms with E-state index in [1.807, 2.05) is 25.7 Å². The van der Waals surface area contributed by atoms with E-state index in [2.05, 4.69) is 37.5 Å². The lowest BCUT2D eigenvalue weighted by Crippen LogP contribution is -2.50. The van der Waals surface area contributed by atoms with Crippen LogP contribution in [0.2, 0.25) is 0 Å². The first-order valence-corrected chi connectivity index (χ1v) is 13.6. The van der Waals surface area contributed by atoms with E-state index < -0.39 is 29.1 Å². The molecular formula is C29H33F3N8O4. The number of amides is 2. The summed E-state index contributed by atoms with van der Waals surface area (Å²) < 4.78 is 52.3. The largest absolute Gasteiger partial charge is 0.479 e. The van der Waals surface area contributed by atoms with Crippen molar-refractivity contribution in [3.63, 3.8) is 0 Å². The number of nitrogens with zero attached hydrogens (tertiary/aromatic N) is 5. The van der Waals surface area contributed by atoms with Crippen molar-refractivity contribution in [3.8, 4) is 5.88 Å². The molecule has 4 rings (SSSR count). The Bertz CT molecular complexity index is 1520. The van der Waals surface area contributed by atoms with Crippen LogP contribution in [-0.2, 0) is 15.7 Å². The minimum absolute atomic E-state index is 0.143. The fourth-order valence-electron chi connectivity index (χ4n) is 4.17. The van der Waals surface area contributed by atoms with E-state index in [0.717, 1.165) is 6.08 Å². The second-order valence-electron chi connectivity index (χ2n) is 10.7. The molecule has 0 aliphatic carbocycles. The van der Waals surface area contributed by atoms with Gasteiger partial charge in [0.15, 0.2) is 0 Å². The highest BCUT2D eigenvalue weighted by Gasteiger charge is 2.35. The van der Waals surface area contributed by atoms with Crippen LogP contribution in [0.1, 0.15) is 26.3 Å². The van der Waals surface area contributed by atoms with Crippen LogP contribution in [0.15, 0.2) is 55.3 Å². The minimum Gasteiger partial charge on any atom is -0.479 e. The van der Waals surface area contributed by atoms with Crippen molar-refractivity contribution in [1.29, 1.82) is 0 Å². The van der Waals surface area contributed by atoms with Crippen molar-refractivity contribution in [3.05, 3.63) is 60.8 Å². The van der Waals surface area contributed by atoms with Crippen LogP contribution in [0.3, 0.4) is 0 Å². The Hall–Kier alpha value is -5.08. The van der Waals surface area contributed by atoms with Crippen molar-refractivity contribution in [1.82, 2.24) is 19.9 Å². The summed E-state index contributed by atoms with van der Waals surface area (Å²) in [6, 6.07) is 9.49. The number of halogens is 3. The number of pyridine rings is 1. The lowest BCUT2D eigenvalue weighted by atomic mass is 10.2. The molecule has 2 aromatic heterocycles. The number of piperazine rings is 1. The van der Waals surface area contributed by atoms with Gasteiger partial charge in [-0.1, -0.05) is 12.6 Å². The molecule has 0 unspecified atom stereocenters. The van der Waals surface area contributed by atoms with Crippen molar-refractivity contribution in [2.45, 2.75) is 32.5 Å². The van der Waals surface area contributed by atoms with Gasteiger partial charge >= 0.3 is 12.3 Å². The van der Waals surface area contributed by atoms with E-state index in [9.17, 15) is 22.8 Å². The minimum atomic E-state index is -4.75. The highest BCUT2D eigenvalue weighted by atomic mass is 19.4. The van der Waals surface area contributed by atoms with E-state index in [1.165, 1.54) is 19.2 Å². The van der Waals surface area contributed by atoms with Gasteiger partial charge in [0.05, 0.1) is 7.11 Å². The smallest absolute Gasteiger partial charge is 0.421 e. The number of aromatic nitrogens is 3. The molecule has 3 heterocycles. The summed E-state index contributed by atoms with van der Waals surface area (Å²) in [4.78, 5) is 40.1. The molecule has 1 aliphatic heterocycles. The number of carbonyl (C=O) groups is 2. The van der Waals surface area contributed by atoms with Gasteiger partial charge in [0.2, 0.25) is 17.7 Å². The lowest BCUT2D eigenvalue weighted by molar-refractivity contribution is -0.137.